The second kappa shape index (κ2) is 4.83. The Morgan fingerprint density at radius 1 is 1.31 bits per heavy atom. The van der Waals surface area contributed by atoms with Crippen molar-refractivity contribution in [1.82, 2.24) is 5.32 Å². The van der Waals surface area contributed by atoms with E-state index < -0.39 is 0 Å². The van der Waals surface area contributed by atoms with Gasteiger partial charge < -0.3 is 10.1 Å². The predicted molar refractivity (Wildman–Crippen MR) is 62.5 cm³/mol. The Morgan fingerprint density at radius 3 is 2.62 bits per heavy atom. The molecule has 0 bridgehead atoms. The molecule has 1 aliphatic heterocycles. The smallest absolute Gasteiger partial charge is 0.126 e. The van der Waals surface area contributed by atoms with E-state index in [0.717, 1.165) is 37.2 Å². The molecule has 0 aliphatic carbocycles. The van der Waals surface area contributed by atoms with Crippen LogP contribution in [0.3, 0.4) is 0 Å². The van der Waals surface area contributed by atoms with Crippen molar-refractivity contribution in [3.05, 3.63) is 29.1 Å². The Morgan fingerprint density at radius 2 is 2.00 bits per heavy atom. The van der Waals surface area contributed by atoms with Crippen LogP contribution >= 0.6 is 0 Å². The lowest BCUT2D eigenvalue weighted by Crippen LogP contribution is -2.26. The van der Waals surface area contributed by atoms with E-state index >= 15 is 0 Å². The van der Waals surface area contributed by atoms with Crippen molar-refractivity contribution >= 4 is 0 Å². The van der Waals surface area contributed by atoms with Crippen molar-refractivity contribution < 1.29 is 9.13 Å². The Kier molecular flexibility index (Phi) is 3.44. The number of halogens is 1. The van der Waals surface area contributed by atoms with Gasteiger partial charge in [0.05, 0.1) is 7.11 Å². The highest BCUT2D eigenvalue weighted by atomic mass is 19.1. The number of aryl methyl sites for hydroxylation is 1. The van der Waals surface area contributed by atoms with Crippen molar-refractivity contribution in [3.63, 3.8) is 0 Å². The predicted octanol–water partition coefficient (Wildman–Crippen LogP) is 2.61. The second-order valence-electron chi connectivity index (χ2n) is 4.37. The Bertz CT molecular complexity index is 372. The standard InChI is InChI=1S/C13H18FNO/c1-9-7-13(16-2)11(8-12(9)14)10-3-5-15-6-4-10/h7-8,10,15H,3-6H2,1-2H3. The minimum atomic E-state index is -0.130. The summed E-state index contributed by atoms with van der Waals surface area (Å²) >= 11 is 0. The monoisotopic (exact) mass is 223 g/mol. The lowest BCUT2D eigenvalue weighted by molar-refractivity contribution is 0.389. The lowest BCUT2D eigenvalue weighted by atomic mass is 9.89. The van der Waals surface area contributed by atoms with Crippen LogP contribution in [0.2, 0.25) is 0 Å². The molecule has 1 N–H and O–H groups in total. The summed E-state index contributed by atoms with van der Waals surface area (Å²) < 4.78 is 18.9. The summed E-state index contributed by atoms with van der Waals surface area (Å²) in [5, 5.41) is 3.31. The number of rotatable bonds is 2. The van der Waals surface area contributed by atoms with E-state index in [4.69, 9.17) is 4.74 Å². The molecule has 0 spiro atoms. The van der Waals surface area contributed by atoms with Gasteiger partial charge in [-0.2, -0.15) is 0 Å². The van der Waals surface area contributed by atoms with Gasteiger partial charge in [0.15, 0.2) is 0 Å². The van der Waals surface area contributed by atoms with Crippen LogP contribution in [0, 0.1) is 12.7 Å². The van der Waals surface area contributed by atoms with Gasteiger partial charge in [-0.3, -0.25) is 0 Å². The van der Waals surface area contributed by atoms with E-state index in [1.54, 1.807) is 26.2 Å². The third-order valence-electron chi connectivity index (χ3n) is 3.29. The molecule has 1 saturated heterocycles. The van der Waals surface area contributed by atoms with Crippen molar-refractivity contribution in [2.45, 2.75) is 25.7 Å². The van der Waals surface area contributed by atoms with Gasteiger partial charge >= 0.3 is 0 Å². The zero-order chi connectivity index (χ0) is 11.5. The van der Waals surface area contributed by atoms with Crippen LogP contribution in [0.1, 0.15) is 29.9 Å². The van der Waals surface area contributed by atoms with E-state index in [-0.39, 0.29) is 5.82 Å². The Balaban J connectivity index is 2.33. The molecule has 1 fully saturated rings. The molecule has 0 atom stereocenters. The van der Waals surface area contributed by atoms with E-state index in [0.29, 0.717) is 11.5 Å². The van der Waals surface area contributed by atoms with Crippen LogP contribution in [0.5, 0.6) is 5.75 Å². The third kappa shape index (κ3) is 2.19. The molecule has 16 heavy (non-hydrogen) atoms. The molecular weight excluding hydrogens is 205 g/mol. The highest BCUT2D eigenvalue weighted by Gasteiger charge is 2.20. The van der Waals surface area contributed by atoms with E-state index in [1.165, 1.54) is 0 Å². The summed E-state index contributed by atoms with van der Waals surface area (Å²) in [6, 6.07) is 3.44. The maximum atomic E-state index is 13.6. The molecule has 1 heterocycles. The van der Waals surface area contributed by atoms with Gasteiger partial charge in [0.1, 0.15) is 11.6 Å². The first-order chi connectivity index (χ1) is 7.72. The SMILES string of the molecule is COc1cc(C)c(F)cc1C1CCNCC1. The quantitative estimate of drug-likeness (QED) is 0.832. The first-order valence-corrected chi connectivity index (χ1v) is 5.77. The highest BCUT2D eigenvalue weighted by molar-refractivity contribution is 5.40. The lowest BCUT2D eigenvalue weighted by Gasteiger charge is -2.24. The van der Waals surface area contributed by atoms with Gasteiger partial charge in [-0.1, -0.05) is 0 Å². The fourth-order valence-corrected chi connectivity index (χ4v) is 2.30. The Labute approximate surface area is 95.8 Å². The first-order valence-electron chi connectivity index (χ1n) is 5.77. The number of benzene rings is 1. The zero-order valence-corrected chi connectivity index (χ0v) is 9.85. The number of ether oxygens (including phenoxy) is 1. The van der Waals surface area contributed by atoms with Gasteiger partial charge in [0.25, 0.3) is 0 Å². The van der Waals surface area contributed by atoms with Crippen LogP contribution < -0.4 is 10.1 Å². The number of hydrogen-bond donors (Lipinski definition) is 1. The van der Waals surface area contributed by atoms with Gasteiger partial charge in [0.2, 0.25) is 0 Å². The number of nitrogens with one attached hydrogen (secondary N) is 1. The fourth-order valence-electron chi connectivity index (χ4n) is 2.30. The summed E-state index contributed by atoms with van der Waals surface area (Å²) in [6.45, 7) is 3.77. The van der Waals surface area contributed by atoms with Crippen LogP contribution in [0.15, 0.2) is 12.1 Å². The zero-order valence-electron chi connectivity index (χ0n) is 9.85. The molecule has 0 amide bonds. The average Bonchev–Trinajstić information content (AvgIpc) is 2.33. The maximum Gasteiger partial charge on any atom is 0.126 e. The molecule has 2 rings (SSSR count). The van der Waals surface area contributed by atoms with Gasteiger partial charge in [0, 0.05) is 5.56 Å². The molecule has 0 unspecified atom stereocenters. The van der Waals surface area contributed by atoms with Crippen molar-refractivity contribution in [2.24, 2.45) is 0 Å². The summed E-state index contributed by atoms with van der Waals surface area (Å²) in [6.07, 6.45) is 2.11. The van der Waals surface area contributed by atoms with Crippen molar-refractivity contribution in [2.75, 3.05) is 20.2 Å². The van der Waals surface area contributed by atoms with Gasteiger partial charge in [-0.15, -0.1) is 0 Å². The molecule has 0 saturated carbocycles. The molecule has 3 heteroatoms. The largest absolute Gasteiger partial charge is 0.496 e. The molecule has 1 aliphatic rings. The topological polar surface area (TPSA) is 21.3 Å². The fraction of sp³-hybridized carbons (Fsp3) is 0.538. The van der Waals surface area contributed by atoms with E-state index in [2.05, 4.69) is 5.32 Å². The average molecular weight is 223 g/mol. The second-order valence-corrected chi connectivity index (χ2v) is 4.37. The minimum absolute atomic E-state index is 0.130. The summed E-state index contributed by atoms with van der Waals surface area (Å²) in [5.41, 5.74) is 1.67. The van der Waals surface area contributed by atoms with E-state index in [9.17, 15) is 4.39 Å². The normalized spacial score (nSPS) is 17.4. The van der Waals surface area contributed by atoms with Crippen LogP contribution in [-0.2, 0) is 0 Å². The van der Waals surface area contributed by atoms with Gasteiger partial charge in [-0.05, 0) is 56.5 Å². The molecular formula is C13H18FNO. The third-order valence-corrected chi connectivity index (χ3v) is 3.29. The number of hydrogen-bond acceptors (Lipinski definition) is 2. The molecule has 0 radical (unpaired) electrons. The first kappa shape index (κ1) is 11.4. The molecule has 1 aromatic rings. The number of piperidine rings is 1. The van der Waals surface area contributed by atoms with Crippen molar-refractivity contribution in [1.29, 1.82) is 0 Å². The molecule has 88 valence electrons. The van der Waals surface area contributed by atoms with Crippen LogP contribution in [0.25, 0.3) is 0 Å². The number of methoxy groups -OCH3 is 1. The van der Waals surface area contributed by atoms with Crippen molar-refractivity contribution in [3.8, 4) is 5.75 Å². The summed E-state index contributed by atoms with van der Waals surface area (Å²) in [7, 11) is 1.65. The molecule has 2 nitrogen and oxygen atoms in total. The summed E-state index contributed by atoms with van der Waals surface area (Å²) in [5.74, 6) is 1.12. The van der Waals surface area contributed by atoms with E-state index in [1.807, 2.05) is 0 Å². The highest BCUT2D eigenvalue weighted by Crippen LogP contribution is 2.34. The van der Waals surface area contributed by atoms with Crippen LogP contribution in [0.4, 0.5) is 4.39 Å². The Hall–Kier alpha value is -1.09. The minimum Gasteiger partial charge on any atom is -0.496 e. The van der Waals surface area contributed by atoms with Gasteiger partial charge in [-0.25, -0.2) is 4.39 Å². The maximum absolute atomic E-state index is 13.6. The molecule has 1 aromatic carbocycles. The summed E-state index contributed by atoms with van der Waals surface area (Å²) in [4.78, 5) is 0. The van der Waals surface area contributed by atoms with Crippen LogP contribution in [-0.4, -0.2) is 20.2 Å². The molecule has 0 aromatic heterocycles.